The summed E-state index contributed by atoms with van der Waals surface area (Å²) in [5.74, 6) is 1.44. The van der Waals surface area contributed by atoms with E-state index in [-0.39, 0.29) is 18.8 Å². The highest BCUT2D eigenvalue weighted by Gasteiger charge is 2.39. The van der Waals surface area contributed by atoms with Crippen LogP contribution in [0.2, 0.25) is 25.7 Å². The maximum Gasteiger partial charge on any atom is 0.431 e. The van der Waals surface area contributed by atoms with Crippen LogP contribution in [0.25, 0.3) is 10.9 Å². The van der Waals surface area contributed by atoms with Crippen molar-refractivity contribution in [3.8, 4) is 5.75 Å². The molecule has 5 nitrogen and oxygen atoms in total. The summed E-state index contributed by atoms with van der Waals surface area (Å²) < 4.78 is 55.7. The van der Waals surface area contributed by atoms with Crippen LogP contribution in [-0.2, 0) is 17.6 Å². The Labute approximate surface area is 223 Å². The number of rotatable bonds is 8. The van der Waals surface area contributed by atoms with Gasteiger partial charge in [-0.15, -0.1) is 0 Å². The van der Waals surface area contributed by atoms with Gasteiger partial charge < -0.3 is 19.4 Å². The molecule has 3 atom stereocenters. The summed E-state index contributed by atoms with van der Waals surface area (Å²) in [6.45, 7) is 11.8. The van der Waals surface area contributed by atoms with Gasteiger partial charge in [0.15, 0.2) is 0 Å². The Morgan fingerprint density at radius 2 is 1.89 bits per heavy atom. The Hall–Kier alpha value is -2.49. The molecule has 1 N–H and O–H groups in total. The number of nitrogens with zero attached hydrogens (tertiary/aromatic N) is 2. The van der Waals surface area contributed by atoms with Crippen molar-refractivity contribution in [2.45, 2.75) is 64.0 Å². The molecule has 0 unspecified atom stereocenters. The second kappa shape index (κ2) is 10.6. The molecule has 5 rings (SSSR count). The van der Waals surface area contributed by atoms with Crippen molar-refractivity contribution in [1.29, 1.82) is 0 Å². The zero-order valence-corrected chi connectivity index (χ0v) is 23.6. The second-order valence-electron chi connectivity index (χ2n) is 12.0. The monoisotopic (exact) mass is 545 g/mol. The topological polar surface area (TPSA) is 38.7 Å². The van der Waals surface area contributed by atoms with Crippen LogP contribution in [0, 0.1) is 5.92 Å². The minimum absolute atomic E-state index is 0.0826. The maximum absolute atomic E-state index is 14.2. The summed E-state index contributed by atoms with van der Waals surface area (Å²) in [4.78, 5) is 2.46. The number of halogens is 3. The molecule has 9 heteroatoms. The van der Waals surface area contributed by atoms with Gasteiger partial charge in [-0.25, -0.2) is 0 Å². The van der Waals surface area contributed by atoms with E-state index in [0.29, 0.717) is 35.7 Å². The van der Waals surface area contributed by atoms with Crippen molar-refractivity contribution in [1.82, 2.24) is 9.47 Å². The number of nitrogens with one attached hydrogen (secondary N) is 1. The maximum atomic E-state index is 14.2. The normalized spacial score (nSPS) is 22.4. The van der Waals surface area contributed by atoms with Crippen LogP contribution in [0.15, 0.2) is 48.5 Å². The lowest BCUT2D eigenvalue weighted by atomic mass is 9.94. The van der Waals surface area contributed by atoms with Crippen LogP contribution < -0.4 is 10.1 Å². The molecule has 2 aliphatic heterocycles. The number of ether oxygens (including phenoxy) is 2. The van der Waals surface area contributed by atoms with Gasteiger partial charge >= 0.3 is 6.18 Å². The smallest absolute Gasteiger partial charge is 0.431 e. The van der Waals surface area contributed by atoms with E-state index in [4.69, 9.17) is 9.47 Å². The molecule has 0 aliphatic carbocycles. The van der Waals surface area contributed by atoms with E-state index in [9.17, 15) is 13.2 Å². The minimum atomic E-state index is -4.49. The van der Waals surface area contributed by atoms with Gasteiger partial charge in [0.05, 0.1) is 17.6 Å². The van der Waals surface area contributed by atoms with Gasteiger partial charge in [-0.3, -0.25) is 4.90 Å². The molecular weight excluding hydrogens is 507 g/mol. The number of benzene rings is 2. The van der Waals surface area contributed by atoms with Crippen molar-refractivity contribution < 1.29 is 22.6 Å². The summed E-state index contributed by atoms with van der Waals surface area (Å²) in [6, 6.07) is 15.5. The van der Waals surface area contributed by atoms with Crippen molar-refractivity contribution in [3.05, 3.63) is 59.8 Å². The number of hydrogen-bond donors (Lipinski definition) is 1. The molecule has 2 aromatic carbocycles. The van der Waals surface area contributed by atoms with Crippen LogP contribution >= 0.6 is 0 Å². The molecular formula is C29H38F3N3O2Si. The van der Waals surface area contributed by atoms with Crippen molar-refractivity contribution in [2.24, 2.45) is 5.92 Å². The molecule has 206 valence electrons. The van der Waals surface area contributed by atoms with Crippen LogP contribution in [0.3, 0.4) is 0 Å². The highest BCUT2D eigenvalue weighted by molar-refractivity contribution is 6.76. The number of para-hydroxylation sites is 1. The summed E-state index contributed by atoms with van der Waals surface area (Å²) in [5, 5.41) is 4.21. The predicted molar refractivity (Wildman–Crippen MR) is 148 cm³/mol. The molecule has 0 radical (unpaired) electrons. The second-order valence-corrected chi connectivity index (χ2v) is 17.6. The van der Waals surface area contributed by atoms with Crippen LogP contribution in [0.4, 0.5) is 18.9 Å². The number of hydrogen-bond acceptors (Lipinski definition) is 4. The molecule has 0 spiro atoms. The van der Waals surface area contributed by atoms with E-state index in [1.807, 2.05) is 30.3 Å². The molecule has 2 aliphatic rings. The van der Waals surface area contributed by atoms with Crippen LogP contribution in [0.1, 0.15) is 30.6 Å². The van der Waals surface area contributed by atoms with Gasteiger partial charge in [-0.05, 0) is 49.2 Å². The Kier molecular flexibility index (Phi) is 7.54. The van der Waals surface area contributed by atoms with E-state index in [2.05, 4.69) is 42.8 Å². The molecule has 1 saturated heterocycles. The highest BCUT2D eigenvalue weighted by atomic mass is 28.3. The summed E-state index contributed by atoms with van der Waals surface area (Å²) in [6.07, 6.45) is -3.35. The summed E-state index contributed by atoms with van der Waals surface area (Å²) in [5.41, 5.74) is 1.55. The number of aromatic nitrogens is 1. The first-order valence-corrected chi connectivity index (χ1v) is 17.2. The predicted octanol–water partition coefficient (Wildman–Crippen LogP) is 7.23. The fourth-order valence-electron chi connectivity index (χ4n) is 5.59. The molecule has 38 heavy (non-hydrogen) atoms. The SMILES string of the molecule is C[C@@H]1CCN([C@H]2COc3ccccc3[C@@H]2Nc2cccc3c2cc(C(F)(F)F)n3COCC[Si](C)(C)C)C1. The first-order chi connectivity index (χ1) is 18.0. The van der Waals surface area contributed by atoms with Gasteiger partial charge in [0.1, 0.15) is 24.8 Å². The first-order valence-electron chi connectivity index (χ1n) is 13.5. The van der Waals surface area contributed by atoms with E-state index in [1.54, 1.807) is 6.07 Å². The number of fused-ring (bicyclic) bond motifs is 2. The average Bonchev–Trinajstić information content (AvgIpc) is 3.45. The standard InChI is InChI=1S/C29H38F3N3O2Si/c1-20-12-13-34(17-20)25-18-37-26-11-6-5-8-21(26)28(25)33-23-9-7-10-24-22(23)16-27(29(30,31)32)35(24)19-36-14-15-38(2,3)4/h5-11,16,20,25,28,33H,12-15,17-19H2,1-4H3/t20-,25+,28+/m1/s1. The van der Waals surface area contributed by atoms with Crippen molar-refractivity contribution in [2.75, 3.05) is 31.6 Å². The van der Waals surface area contributed by atoms with Crippen LogP contribution in [-0.4, -0.2) is 49.9 Å². The Morgan fingerprint density at radius 1 is 1.11 bits per heavy atom. The zero-order valence-electron chi connectivity index (χ0n) is 22.6. The van der Waals surface area contributed by atoms with Gasteiger partial charge in [-0.1, -0.05) is 50.8 Å². The highest BCUT2D eigenvalue weighted by Crippen LogP contribution is 2.41. The Morgan fingerprint density at radius 3 is 2.61 bits per heavy atom. The summed E-state index contributed by atoms with van der Waals surface area (Å²) in [7, 11) is -1.35. The van der Waals surface area contributed by atoms with E-state index < -0.39 is 19.9 Å². The fraction of sp³-hybridized carbons (Fsp3) is 0.517. The average molecular weight is 546 g/mol. The minimum Gasteiger partial charge on any atom is -0.491 e. The first kappa shape index (κ1) is 27.1. The molecule has 3 heterocycles. The number of likely N-dealkylation sites (tertiary alicyclic amines) is 1. The third kappa shape index (κ3) is 5.74. The molecule has 3 aromatic rings. The molecule has 0 bridgehead atoms. The molecule has 1 fully saturated rings. The Bertz CT molecular complexity index is 1270. The van der Waals surface area contributed by atoms with Gasteiger partial charge in [0, 0.05) is 37.9 Å². The quantitative estimate of drug-likeness (QED) is 0.239. The number of alkyl halides is 3. The van der Waals surface area contributed by atoms with E-state index in [1.165, 1.54) is 10.6 Å². The molecule has 1 aromatic heterocycles. The van der Waals surface area contributed by atoms with Gasteiger partial charge in [-0.2, -0.15) is 13.2 Å². The van der Waals surface area contributed by atoms with Crippen LogP contribution in [0.5, 0.6) is 5.75 Å². The zero-order chi connectivity index (χ0) is 27.1. The lowest BCUT2D eigenvalue weighted by molar-refractivity contribution is -0.145. The van der Waals surface area contributed by atoms with E-state index >= 15 is 0 Å². The fourth-order valence-corrected chi connectivity index (χ4v) is 6.35. The third-order valence-electron chi connectivity index (χ3n) is 7.74. The lowest BCUT2D eigenvalue weighted by Gasteiger charge is -2.40. The molecule has 0 amide bonds. The van der Waals surface area contributed by atoms with E-state index in [0.717, 1.165) is 36.9 Å². The summed E-state index contributed by atoms with van der Waals surface area (Å²) >= 11 is 0. The van der Waals surface area contributed by atoms with Gasteiger partial charge in [0.2, 0.25) is 0 Å². The Balaban J connectivity index is 1.49. The lowest BCUT2D eigenvalue weighted by Crippen LogP contribution is -2.47. The molecule has 0 saturated carbocycles. The number of anilines is 1. The van der Waals surface area contributed by atoms with Crippen molar-refractivity contribution in [3.63, 3.8) is 0 Å². The largest absolute Gasteiger partial charge is 0.491 e. The van der Waals surface area contributed by atoms with Crippen molar-refractivity contribution >= 4 is 24.7 Å². The van der Waals surface area contributed by atoms with Gasteiger partial charge in [0.25, 0.3) is 0 Å². The third-order valence-corrected chi connectivity index (χ3v) is 9.44.